The minimum atomic E-state index is -3.31. The zero-order valence-electron chi connectivity index (χ0n) is 12.9. The summed E-state index contributed by atoms with van der Waals surface area (Å²) in [5.74, 6) is 1.16. The number of benzene rings is 1. The van der Waals surface area contributed by atoms with Crippen molar-refractivity contribution in [1.82, 2.24) is 10.1 Å². The molecule has 0 saturated heterocycles. The van der Waals surface area contributed by atoms with Crippen LogP contribution in [0.15, 0.2) is 22.7 Å². The van der Waals surface area contributed by atoms with E-state index < -0.39 is 10.0 Å². The van der Waals surface area contributed by atoms with E-state index >= 15 is 0 Å². The van der Waals surface area contributed by atoms with Gasteiger partial charge >= 0.3 is 0 Å². The summed E-state index contributed by atoms with van der Waals surface area (Å²) in [6.07, 6.45) is 0.572. The summed E-state index contributed by atoms with van der Waals surface area (Å²) in [4.78, 5) is 4.11. The van der Waals surface area contributed by atoms with E-state index in [0.717, 1.165) is 11.3 Å². The highest BCUT2D eigenvalue weighted by Gasteiger charge is 2.12. The fraction of sp³-hybridized carbons (Fsp3) is 0.429. The number of hydrogen-bond acceptors (Lipinski definition) is 6. The molecule has 0 bridgehead atoms. The first-order valence-corrected chi connectivity index (χ1v) is 8.69. The molecular weight excluding hydrogens is 304 g/mol. The van der Waals surface area contributed by atoms with Gasteiger partial charge in [0.15, 0.2) is 5.82 Å². The van der Waals surface area contributed by atoms with E-state index in [9.17, 15) is 8.42 Å². The van der Waals surface area contributed by atoms with Crippen molar-refractivity contribution in [2.75, 3.05) is 15.8 Å². The minimum Gasteiger partial charge on any atom is -0.376 e. The van der Waals surface area contributed by atoms with Gasteiger partial charge in [0.25, 0.3) is 0 Å². The van der Waals surface area contributed by atoms with Crippen molar-refractivity contribution < 1.29 is 12.9 Å². The van der Waals surface area contributed by atoms with Crippen molar-refractivity contribution in [2.24, 2.45) is 0 Å². The zero-order chi connectivity index (χ0) is 16.2. The van der Waals surface area contributed by atoms with Crippen LogP contribution < -0.4 is 10.0 Å². The van der Waals surface area contributed by atoms with Gasteiger partial charge in [-0.25, -0.2) is 8.42 Å². The summed E-state index contributed by atoms with van der Waals surface area (Å²) >= 11 is 0. The molecule has 0 spiro atoms. The predicted octanol–water partition coefficient (Wildman–Crippen LogP) is 2.45. The van der Waals surface area contributed by atoms with Crippen LogP contribution in [0, 0.1) is 13.8 Å². The second-order valence-electron chi connectivity index (χ2n) is 4.99. The lowest BCUT2D eigenvalue weighted by atomic mass is 10.1. The zero-order valence-corrected chi connectivity index (χ0v) is 13.7. The van der Waals surface area contributed by atoms with Crippen molar-refractivity contribution in [3.63, 3.8) is 0 Å². The number of anilines is 2. The Bertz CT molecular complexity index is 740. The number of aryl methyl sites for hydroxylation is 1. The van der Waals surface area contributed by atoms with Crippen LogP contribution in [-0.2, 0) is 16.6 Å². The van der Waals surface area contributed by atoms with E-state index in [-0.39, 0.29) is 5.75 Å². The Morgan fingerprint density at radius 2 is 1.95 bits per heavy atom. The third kappa shape index (κ3) is 4.20. The second-order valence-corrected chi connectivity index (χ2v) is 6.83. The van der Waals surface area contributed by atoms with Crippen molar-refractivity contribution in [1.29, 1.82) is 0 Å². The lowest BCUT2D eigenvalue weighted by Gasteiger charge is -2.14. The largest absolute Gasteiger partial charge is 0.376 e. The highest BCUT2D eigenvalue weighted by atomic mass is 32.2. The first-order valence-electron chi connectivity index (χ1n) is 7.04. The van der Waals surface area contributed by atoms with Gasteiger partial charge in [-0.3, -0.25) is 4.72 Å². The van der Waals surface area contributed by atoms with Gasteiger partial charge in [-0.1, -0.05) is 18.1 Å². The number of aromatic nitrogens is 2. The van der Waals surface area contributed by atoms with Crippen LogP contribution in [0.2, 0.25) is 0 Å². The van der Waals surface area contributed by atoms with E-state index in [1.807, 2.05) is 19.9 Å². The summed E-state index contributed by atoms with van der Waals surface area (Å²) in [6.45, 7) is 5.82. The lowest BCUT2D eigenvalue weighted by Crippen LogP contribution is -2.17. The Labute approximate surface area is 130 Å². The first-order chi connectivity index (χ1) is 10.4. The molecule has 22 heavy (non-hydrogen) atoms. The predicted molar refractivity (Wildman–Crippen MR) is 85.2 cm³/mol. The molecule has 0 unspecified atom stereocenters. The van der Waals surface area contributed by atoms with E-state index in [2.05, 4.69) is 20.2 Å². The Balaban J connectivity index is 2.12. The molecule has 1 aromatic heterocycles. The molecule has 120 valence electrons. The van der Waals surface area contributed by atoms with E-state index in [1.165, 1.54) is 0 Å². The molecular formula is C14H20N4O3S. The summed E-state index contributed by atoms with van der Waals surface area (Å²) in [5.41, 5.74) is 2.20. The van der Waals surface area contributed by atoms with Crippen molar-refractivity contribution in [2.45, 2.75) is 33.7 Å². The lowest BCUT2D eigenvalue weighted by molar-refractivity contribution is 0.379. The van der Waals surface area contributed by atoms with Gasteiger partial charge in [0.2, 0.25) is 15.9 Å². The topological polar surface area (TPSA) is 97.1 Å². The highest BCUT2D eigenvalue weighted by Crippen LogP contribution is 2.24. The molecule has 0 amide bonds. The third-order valence-corrected chi connectivity index (χ3v) is 4.55. The average molecular weight is 324 g/mol. The monoisotopic (exact) mass is 324 g/mol. The van der Waals surface area contributed by atoms with Crippen LogP contribution in [0.25, 0.3) is 0 Å². The number of nitrogens with one attached hydrogen (secondary N) is 2. The van der Waals surface area contributed by atoms with Crippen LogP contribution in [0.4, 0.5) is 11.4 Å². The minimum absolute atomic E-state index is 0.103. The Morgan fingerprint density at radius 1 is 1.23 bits per heavy atom. The van der Waals surface area contributed by atoms with Gasteiger partial charge in [0.1, 0.15) is 0 Å². The molecule has 2 aromatic rings. The molecule has 2 rings (SSSR count). The van der Waals surface area contributed by atoms with Gasteiger partial charge in [0, 0.05) is 5.69 Å². The molecule has 2 N–H and O–H groups in total. The van der Waals surface area contributed by atoms with E-state index in [1.54, 1.807) is 19.1 Å². The molecule has 0 saturated carbocycles. The number of nitrogens with zero attached hydrogens (tertiary/aromatic N) is 2. The third-order valence-electron chi connectivity index (χ3n) is 3.07. The van der Waals surface area contributed by atoms with Crippen molar-refractivity contribution >= 4 is 21.4 Å². The molecule has 0 atom stereocenters. The normalized spacial score (nSPS) is 11.4. The van der Waals surface area contributed by atoms with E-state index in [0.29, 0.717) is 30.4 Å². The van der Waals surface area contributed by atoms with Crippen LogP contribution in [0.5, 0.6) is 0 Å². The van der Waals surface area contributed by atoms with Gasteiger partial charge < -0.3 is 9.84 Å². The Kier molecular flexibility index (Phi) is 5.02. The van der Waals surface area contributed by atoms with Crippen LogP contribution >= 0.6 is 0 Å². The summed E-state index contributed by atoms with van der Waals surface area (Å²) < 4.78 is 31.4. The van der Waals surface area contributed by atoms with Crippen LogP contribution in [0.3, 0.4) is 0 Å². The standard InChI is InChI=1S/C14H20N4O3S/c1-4-8-22(19,20)18-13-7-5-6-12(10(13)2)15-9-14-16-11(3)17-21-14/h5-7,15,18H,4,8-9H2,1-3H3. The van der Waals surface area contributed by atoms with Crippen LogP contribution in [0.1, 0.15) is 30.6 Å². The van der Waals surface area contributed by atoms with Crippen molar-refractivity contribution in [3.05, 3.63) is 35.5 Å². The van der Waals surface area contributed by atoms with E-state index in [4.69, 9.17) is 4.52 Å². The summed E-state index contributed by atoms with van der Waals surface area (Å²) in [7, 11) is -3.31. The summed E-state index contributed by atoms with van der Waals surface area (Å²) in [5, 5.41) is 6.89. The molecule has 1 aromatic carbocycles. The van der Waals surface area contributed by atoms with Crippen molar-refractivity contribution in [3.8, 4) is 0 Å². The molecule has 0 aliphatic rings. The Morgan fingerprint density at radius 3 is 2.59 bits per heavy atom. The average Bonchev–Trinajstić information content (AvgIpc) is 2.85. The first kappa shape index (κ1) is 16.3. The molecule has 0 radical (unpaired) electrons. The van der Waals surface area contributed by atoms with Gasteiger partial charge in [-0.15, -0.1) is 0 Å². The number of sulfonamides is 1. The molecule has 8 heteroatoms. The van der Waals surface area contributed by atoms with Gasteiger partial charge in [0.05, 0.1) is 18.0 Å². The maximum atomic E-state index is 11.9. The highest BCUT2D eigenvalue weighted by molar-refractivity contribution is 7.92. The number of rotatable bonds is 7. The maximum Gasteiger partial charge on any atom is 0.245 e. The quantitative estimate of drug-likeness (QED) is 0.812. The van der Waals surface area contributed by atoms with Gasteiger partial charge in [-0.05, 0) is 38.0 Å². The molecule has 0 aliphatic carbocycles. The number of hydrogen-bond donors (Lipinski definition) is 2. The van der Waals surface area contributed by atoms with Crippen LogP contribution in [-0.4, -0.2) is 24.3 Å². The second kappa shape index (κ2) is 6.78. The molecule has 1 heterocycles. The fourth-order valence-corrected chi connectivity index (χ4v) is 3.20. The molecule has 0 aliphatic heterocycles. The SMILES string of the molecule is CCCS(=O)(=O)Nc1cccc(NCc2nc(C)no2)c1C. The molecule has 0 fully saturated rings. The molecule has 7 nitrogen and oxygen atoms in total. The van der Waals surface area contributed by atoms with Gasteiger partial charge in [-0.2, -0.15) is 4.98 Å². The maximum absolute atomic E-state index is 11.9. The fourth-order valence-electron chi connectivity index (χ4n) is 2.01. The summed E-state index contributed by atoms with van der Waals surface area (Å²) in [6, 6.07) is 5.40. The Hall–Kier alpha value is -2.09. The smallest absolute Gasteiger partial charge is 0.245 e.